The van der Waals surface area contributed by atoms with E-state index in [4.69, 9.17) is 4.74 Å². The number of halogens is 2. The van der Waals surface area contributed by atoms with Crippen molar-refractivity contribution in [2.75, 3.05) is 54.4 Å². The number of amides is 4. The van der Waals surface area contributed by atoms with Gasteiger partial charge in [0.2, 0.25) is 11.0 Å². The Kier molecular flexibility index (Phi) is 8.34. The number of nitrogens with one attached hydrogen (secondary N) is 3. The number of aromatic nitrogens is 2. The first kappa shape index (κ1) is 26.0. The van der Waals surface area contributed by atoms with Crippen molar-refractivity contribution in [3.63, 3.8) is 0 Å². The standard InChI is InChI=1S/C19H22F2N8O4S.CH4/c1-11(30)22-8-13-9-28(19(32)33-13)12-6-14(20)16(15(21)7-12)27-3-2-24-29(5-4-27)18(31)25-17-26-23-10-34-17;/h6-7,10,13,24H,2-5,8-9H2,1H3,(H,22,30)(H,25,26,31);1H4/t13-;/m0./s1. The average Bonchev–Trinajstić information content (AvgIpc) is 3.35. The maximum atomic E-state index is 15.0. The summed E-state index contributed by atoms with van der Waals surface area (Å²) in [6.07, 6.45) is -1.38. The molecule has 0 saturated carbocycles. The Hall–Kier alpha value is -3.59. The fourth-order valence-electron chi connectivity index (χ4n) is 3.62. The number of urea groups is 1. The number of carbonyl (C=O) groups excluding carboxylic acids is 3. The van der Waals surface area contributed by atoms with Crippen LogP contribution >= 0.6 is 11.3 Å². The van der Waals surface area contributed by atoms with Gasteiger partial charge in [-0.05, 0) is 0 Å². The molecule has 190 valence electrons. The van der Waals surface area contributed by atoms with E-state index in [1.165, 1.54) is 22.3 Å². The highest BCUT2D eigenvalue weighted by Gasteiger charge is 2.34. The van der Waals surface area contributed by atoms with Crippen molar-refractivity contribution in [3.05, 3.63) is 29.3 Å². The molecule has 4 rings (SSSR count). The first-order valence-corrected chi connectivity index (χ1v) is 11.2. The highest BCUT2D eigenvalue weighted by Crippen LogP contribution is 2.31. The highest BCUT2D eigenvalue weighted by molar-refractivity contribution is 7.13. The number of benzene rings is 1. The lowest BCUT2D eigenvalue weighted by Gasteiger charge is -2.25. The van der Waals surface area contributed by atoms with Crippen LogP contribution < -0.4 is 25.9 Å². The Morgan fingerprint density at radius 2 is 2.00 bits per heavy atom. The van der Waals surface area contributed by atoms with E-state index in [-0.39, 0.29) is 64.0 Å². The van der Waals surface area contributed by atoms with Crippen LogP contribution in [-0.2, 0) is 9.53 Å². The zero-order chi connectivity index (χ0) is 24.2. The summed E-state index contributed by atoms with van der Waals surface area (Å²) >= 11 is 1.16. The molecule has 2 fully saturated rings. The van der Waals surface area contributed by atoms with Crippen LogP contribution in [0.1, 0.15) is 14.4 Å². The predicted octanol–water partition coefficient (Wildman–Crippen LogP) is 1.77. The Labute approximate surface area is 204 Å². The van der Waals surface area contributed by atoms with Crippen molar-refractivity contribution in [3.8, 4) is 0 Å². The lowest BCUT2D eigenvalue weighted by Crippen LogP contribution is -2.46. The third kappa shape index (κ3) is 6.10. The summed E-state index contributed by atoms with van der Waals surface area (Å²) in [6.45, 7) is 2.28. The molecule has 0 aliphatic carbocycles. The van der Waals surface area contributed by atoms with Crippen molar-refractivity contribution in [2.45, 2.75) is 20.5 Å². The summed E-state index contributed by atoms with van der Waals surface area (Å²) < 4.78 is 35.2. The summed E-state index contributed by atoms with van der Waals surface area (Å²) in [6, 6.07) is 1.67. The van der Waals surface area contributed by atoms with Crippen LogP contribution in [0.4, 0.5) is 34.9 Å². The average molecular weight is 513 g/mol. The van der Waals surface area contributed by atoms with Crippen LogP contribution in [0.25, 0.3) is 0 Å². The molecule has 0 unspecified atom stereocenters. The van der Waals surface area contributed by atoms with E-state index in [0.717, 1.165) is 28.4 Å². The normalized spacial score (nSPS) is 18.0. The van der Waals surface area contributed by atoms with E-state index < -0.39 is 29.9 Å². The summed E-state index contributed by atoms with van der Waals surface area (Å²) in [5.74, 6) is -1.97. The second-order valence-electron chi connectivity index (χ2n) is 7.53. The summed E-state index contributed by atoms with van der Waals surface area (Å²) in [4.78, 5) is 38.2. The van der Waals surface area contributed by atoms with Gasteiger partial charge in [-0.25, -0.2) is 23.8 Å². The van der Waals surface area contributed by atoms with Crippen LogP contribution in [0.2, 0.25) is 0 Å². The van der Waals surface area contributed by atoms with Gasteiger partial charge < -0.3 is 15.0 Å². The minimum atomic E-state index is -0.847. The van der Waals surface area contributed by atoms with Crippen LogP contribution in [0.15, 0.2) is 17.6 Å². The molecular weight excluding hydrogens is 486 g/mol. The van der Waals surface area contributed by atoms with Crippen molar-refractivity contribution in [1.29, 1.82) is 0 Å². The second-order valence-corrected chi connectivity index (χ2v) is 8.37. The van der Waals surface area contributed by atoms with Gasteiger partial charge in [-0.3, -0.25) is 20.0 Å². The van der Waals surface area contributed by atoms with E-state index in [0.29, 0.717) is 5.13 Å². The van der Waals surface area contributed by atoms with E-state index in [2.05, 4.69) is 26.3 Å². The van der Waals surface area contributed by atoms with Crippen LogP contribution in [0.5, 0.6) is 0 Å². The minimum absolute atomic E-state index is 0. The predicted molar refractivity (Wildman–Crippen MR) is 125 cm³/mol. The topological polar surface area (TPSA) is 132 Å². The van der Waals surface area contributed by atoms with Gasteiger partial charge >= 0.3 is 12.1 Å². The van der Waals surface area contributed by atoms with Gasteiger partial charge in [-0.2, -0.15) is 0 Å². The summed E-state index contributed by atoms with van der Waals surface area (Å²) in [5, 5.41) is 14.2. The SMILES string of the molecule is C.CC(=O)NC[C@H]1CN(c2cc(F)c(N3CCNN(C(=O)Nc4nncs4)CC3)c(F)c2)C(=O)O1. The van der Waals surface area contributed by atoms with E-state index in [1.54, 1.807) is 0 Å². The number of carbonyl (C=O) groups is 3. The number of nitrogens with zero attached hydrogens (tertiary/aromatic N) is 5. The molecule has 4 amide bonds. The molecule has 2 aliphatic rings. The molecule has 12 nitrogen and oxygen atoms in total. The third-order valence-electron chi connectivity index (χ3n) is 5.18. The fraction of sp³-hybridized carbons (Fsp3) is 0.450. The second kappa shape index (κ2) is 11.2. The summed E-state index contributed by atoms with van der Waals surface area (Å²) in [7, 11) is 0. The van der Waals surface area contributed by atoms with Gasteiger partial charge in [0.15, 0.2) is 11.6 Å². The minimum Gasteiger partial charge on any atom is -0.442 e. The molecule has 0 spiro atoms. The van der Waals surface area contributed by atoms with E-state index >= 15 is 8.78 Å². The Bertz CT molecular complexity index is 1050. The Morgan fingerprint density at radius 1 is 1.26 bits per heavy atom. The maximum absolute atomic E-state index is 15.0. The highest BCUT2D eigenvalue weighted by atomic mass is 32.1. The van der Waals surface area contributed by atoms with Gasteiger partial charge in [0.05, 0.1) is 25.3 Å². The number of hydrogen-bond acceptors (Lipinski definition) is 9. The number of anilines is 3. The maximum Gasteiger partial charge on any atom is 0.414 e. The monoisotopic (exact) mass is 512 g/mol. The third-order valence-corrected chi connectivity index (χ3v) is 5.79. The number of hydrogen-bond donors (Lipinski definition) is 3. The first-order chi connectivity index (χ1) is 16.3. The number of hydrazine groups is 1. The van der Waals surface area contributed by atoms with Gasteiger partial charge in [0.25, 0.3) is 0 Å². The molecule has 1 atom stereocenters. The molecule has 15 heteroatoms. The van der Waals surface area contributed by atoms with Crippen LogP contribution in [-0.4, -0.2) is 78.6 Å². The molecule has 0 radical (unpaired) electrons. The van der Waals surface area contributed by atoms with Gasteiger partial charge in [0, 0.05) is 38.7 Å². The summed E-state index contributed by atoms with van der Waals surface area (Å²) in [5.41, 5.74) is 4.15. The molecule has 3 heterocycles. The van der Waals surface area contributed by atoms with Crippen molar-refractivity contribution in [1.82, 2.24) is 25.9 Å². The largest absolute Gasteiger partial charge is 0.442 e. The van der Waals surface area contributed by atoms with Crippen molar-refractivity contribution in [2.24, 2.45) is 0 Å². The number of cyclic esters (lactones) is 1. The molecule has 2 aliphatic heterocycles. The zero-order valence-electron chi connectivity index (χ0n) is 18.1. The molecule has 1 aromatic heterocycles. The Morgan fingerprint density at radius 3 is 2.66 bits per heavy atom. The molecule has 1 aromatic carbocycles. The van der Waals surface area contributed by atoms with E-state index in [1.807, 2.05) is 0 Å². The molecular formula is C20H26F2N8O4S. The lowest BCUT2D eigenvalue weighted by molar-refractivity contribution is -0.119. The van der Waals surface area contributed by atoms with Gasteiger partial charge in [0.1, 0.15) is 17.3 Å². The Balaban J connectivity index is 0.00000342. The molecule has 2 saturated heterocycles. The molecule has 35 heavy (non-hydrogen) atoms. The fourth-order valence-corrected chi connectivity index (χ4v) is 4.06. The quantitative estimate of drug-likeness (QED) is 0.552. The van der Waals surface area contributed by atoms with Gasteiger partial charge in [-0.15, -0.1) is 10.2 Å². The first-order valence-electron chi connectivity index (χ1n) is 10.4. The number of ether oxygens (including phenoxy) is 1. The molecule has 3 N–H and O–H groups in total. The van der Waals surface area contributed by atoms with Crippen LogP contribution in [0.3, 0.4) is 0 Å². The number of rotatable bonds is 5. The van der Waals surface area contributed by atoms with Crippen LogP contribution in [0, 0.1) is 11.6 Å². The lowest BCUT2D eigenvalue weighted by atomic mass is 10.2. The van der Waals surface area contributed by atoms with Gasteiger partial charge in [-0.1, -0.05) is 18.8 Å². The molecule has 2 aromatic rings. The zero-order valence-corrected chi connectivity index (χ0v) is 18.9. The van der Waals surface area contributed by atoms with E-state index in [9.17, 15) is 14.4 Å². The van der Waals surface area contributed by atoms with Crippen molar-refractivity contribution >= 4 is 45.9 Å². The molecule has 0 bridgehead atoms. The van der Waals surface area contributed by atoms with Crippen molar-refractivity contribution < 1.29 is 27.9 Å². The smallest absolute Gasteiger partial charge is 0.414 e.